The molecule has 3 amide bonds. The number of unbranched alkanes of at least 4 members (excludes halogenated alkanes) is 2. The van der Waals surface area contributed by atoms with Crippen molar-refractivity contribution in [3.63, 3.8) is 0 Å². The summed E-state index contributed by atoms with van der Waals surface area (Å²) in [5.41, 5.74) is 12.5. The highest BCUT2D eigenvalue weighted by molar-refractivity contribution is 7.85. The number of anilines is 3. The first kappa shape index (κ1) is 67.7. The second-order valence-corrected chi connectivity index (χ2v) is 27.4. The normalized spacial score (nSPS) is 17.3. The second-order valence-electron chi connectivity index (χ2n) is 25.0. The third-order valence-electron chi connectivity index (χ3n) is 17.0. The van der Waals surface area contributed by atoms with Gasteiger partial charge in [0.15, 0.2) is 28.3 Å². The number of methoxy groups -OCH3 is 2. The third kappa shape index (κ3) is 15.5. The molecule has 488 valence electrons. The molecule has 1 fully saturated rings. The summed E-state index contributed by atoms with van der Waals surface area (Å²) >= 11 is -2.16. The average molecular weight is 1300 g/mol. The molecule has 0 radical (unpaired) electrons. The molecule has 3 atom stereocenters. The number of hydrogen-bond acceptors (Lipinski definition) is 15. The number of amides is 3. The van der Waals surface area contributed by atoms with Crippen molar-refractivity contribution in [2.45, 2.75) is 126 Å². The van der Waals surface area contributed by atoms with Crippen molar-refractivity contribution in [1.29, 1.82) is 0 Å². The molecule has 0 aliphatic carbocycles. The molecule has 0 spiro atoms. The fraction of sp³-hybridized carbons (Fsp3) is 0.391. The minimum atomic E-state index is -4.38. The molecule has 3 aliphatic heterocycles. The number of carbonyl (C=O) groups excluding carboxylic acids is 3. The Morgan fingerprint density at radius 2 is 1.62 bits per heavy atom. The van der Waals surface area contributed by atoms with Gasteiger partial charge in [-0.15, -0.1) is 0 Å². The number of likely N-dealkylation sites (N-methyl/N-ethyl adjacent to an activating group) is 1. The number of fused-ring (bicyclic) bond motifs is 3. The zero-order chi connectivity index (χ0) is 66.3. The van der Waals surface area contributed by atoms with E-state index in [9.17, 15) is 36.1 Å². The summed E-state index contributed by atoms with van der Waals surface area (Å²) in [7, 11) is -1.29. The highest BCUT2D eigenvalue weighted by atomic mass is 32.2. The van der Waals surface area contributed by atoms with E-state index in [1.165, 1.54) is 6.07 Å². The van der Waals surface area contributed by atoms with Gasteiger partial charge < -0.3 is 54.6 Å². The van der Waals surface area contributed by atoms with Crippen LogP contribution in [-0.4, -0.2) is 130 Å². The summed E-state index contributed by atoms with van der Waals surface area (Å²) in [6.07, 6.45) is 11.8. The standard InChI is InChI=1S/C69H83N9O12S2/c1-11-76-55-32-30-49(92(84,85)86)40-52(55)69(7,8)60(76)26-17-13-18-27-61-68(5,6)51-39-48(91(82)83)29-31-56(51)77(61)34-20-14-19-28-62(79)71-33-37-89-47-25-21-24-46(38-47)57-44-75(63(80)43-53(45-22-15-12-16-23-45)73-66(81)90-67(2,3)4)35-36-78(57)65-72-54-42-59(88-10)58(87-9)41-50(54)64(70)74-65/h12-13,15-18,21-27,29-32,38-42,53,57H,11,14,19-20,28,33-37,43-44H2,1-10H3,(H5-,70,71,72,73,74,79,81,82,83,84,85,86)/p+1/t53-,57?/m1/s1. The lowest BCUT2D eigenvalue weighted by Crippen LogP contribution is -2.51. The highest BCUT2D eigenvalue weighted by Crippen LogP contribution is 2.49. The van der Waals surface area contributed by atoms with Crippen LogP contribution < -0.4 is 40.4 Å². The Kier molecular flexibility index (Phi) is 21.0. The van der Waals surface area contributed by atoms with Crippen LogP contribution >= 0.6 is 0 Å². The summed E-state index contributed by atoms with van der Waals surface area (Å²) in [6, 6.07) is 29.3. The van der Waals surface area contributed by atoms with Crippen molar-refractivity contribution in [1.82, 2.24) is 25.5 Å². The van der Waals surface area contributed by atoms with Crippen molar-refractivity contribution < 1.29 is 59.6 Å². The van der Waals surface area contributed by atoms with Gasteiger partial charge in [-0.05, 0) is 126 Å². The number of rotatable bonds is 24. The van der Waals surface area contributed by atoms with Gasteiger partial charge in [-0.3, -0.25) is 14.1 Å². The number of carbonyl (C=O) groups is 3. The van der Waals surface area contributed by atoms with Crippen LogP contribution in [0.3, 0.4) is 0 Å². The first-order chi connectivity index (χ1) is 43.7. The number of hydrogen-bond donors (Lipinski definition) is 5. The van der Waals surface area contributed by atoms with Crippen LogP contribution in [0, 0.1) is 0 Å². The molecular weight excluding hydrogens is 1210 g/mol. The Hall–Kier alpha value is -8.64. The molecule has 4 heterocycles. The van der Waals surface area contributed by atoms with Gasteiger partial charge in [0.2, 0.25) is 23.5 Å². The number of nitrogens with zero attached hydrogens (tertiary/aromatic N) is 6. The summed E-state index contributed by atoms with van der Waals surface area (Å²) < 4.78 is 81.4. The Labute approximate surface area is 541 Å². The Morgan fingerprint density at radius 1 is 0.870 bits per heavy atom. The second kappa shape index (κ2) is 28.5. The number of benzene rings is 5. The maximum atomic E-state index is 14.5. The van der Waals surface area contributed by atoms with Crippen molar-refractivity contribution in [3.05, 3.63) is 161 Å². The van der Waals surface area contributed by atoms with E-state index in [-0.39, 0.29) is 48.6 Å². The van der Waals surface area contributed by atoms with Crippen molar-refractivity contribution in [3.8, 4) is 17.2 Å². The number of nitrogen functional groups attached to an aromatic ring is 1. The van der Waals surface area contributed by atoms with E-state index in [1.807, 2.05) is 111 Å². The van der Waals surface area contributed by atoms with Crippen molar-refractivity contribution in [2.24, 2.45) is 0 Å². The number of allylic oxidation sites excluding steroid dienone is 6. The van der Waals surface area contributed by atoms with E-state index in [0.29, 0.717) is 78.0 Å². The van der Waals surface area contributed by atoms with Gasteiger partial charge in [-0.1, -0.05) is 74.5 Å². The maximum Gasteiger partial charge on any atom is 0.408 e. The Bertz CT molecular complexity index is 4010. The van der Waals surface area contributed by atoms with Gasteiger partial charge in [0.25, 0.3) is 10.1 Å². The molecule has 6 aromatic rings. The summed E-state index contributed by atoms with van der Waals surface area (Å²) in [6.45, 7) is 18.3. The fourth-order valence-corrected chi connectivity index (χ4v) is 13.2. The zero-order valence-electron chi connectivity index (χ0n) is 53.9. The minimum absolute atomic E-state index is 0.0275. The molecular formula is C69H84N9O12S2+. The summed E-state index contributed by atoms with van der Waals surface area (Å²) in [4.78, 5) is 56.7. The number of nitrogens with one attached hydrogen (secondary N) is 2. The van der Waals surface area contributed by atoms with Gasteiger partial charge in [-0.2, -0.15) is 18.0 Å². The molecule has 2 unspecified atom stereocenters. The van der Waals surface area contributed by atoms with Crippen LogP contribution in [0.2, 0.25) is 0 Å². The van der Waals surface area contributed by atoms with Crippen LogP contribution in [0.25, 0.3) is 10.9 Å². The lowest BCUT2D eigenvalue weighted by Gasteiger charge is -2.42. The Balaban J connectivity index is 0.837. The minimum Gasteiger partial charge on any atom is -0.493 e. The highest BCUT2D eigenvalue weighted by Gasteiger charge is 2.45. The third-order valence-corrected chi connectivity index (χ3v) is 18.5. The molecule has 1 aromatic heterocycles. The molecule has 6 N–H and O–H groups in total. The lowest BCUT2D eigenvalue weighted by molar-refractivity contribution is -0.438. The van der Waals surface area contributed by atoms with Crippen LogP contribution in [0.1, 0.15) is 122 Å². The molecule has 0 saturated carbocycles. The average Bonchev–Trinajstić information content (AvgIpc) is 1.57. The first-order valence-corrected chi connectivity index (χ1v) is 33.4. The number of alkyl carbamates (subject to hydrolysis) is 1. The number of piperazine rings is 1. The van der Waals surface area contributed by atoms with E-state index < -0.39 is 55.8 Å². The molecule has 5 aromatic carbocycles. The lowest BCUT2D eigenvalue weighted by atomic mass is 9.81. The van der Waals surface area contributed by atoms with Crippen LogP contribution in [0.5, 0.6) is 17.2 Å². The first-order valence-electron chi connectivity index (χ1n) is 30.8. The number of aromatic nitrogens is 2. The predicted molar refractivity (Wildman–Crippen MR) is 357 cm³/mol. The molecule has 21 nitrogen and oxygen atoms in total. The SMILES string of the molecule is CCN1/C(=C/C=C/C=C/C2=[N+](CCCCCC(=O)NCCOc3cccc(C4CN(C(=O)C[C@@H](NC(=O)OC(C)(C)C)c5ccccc5)CCN4c4nc(N)c5cc(OC)c(OC)cc5n4)c3)c3ccc(S(=O)O)cc3C2(C)C)C(C)(C)c2cc(S(=O)(=O)O)ccc21. The van der Waals surface area contributed by atoms with Crippen LogP contribution in [0.15, 0.2) is 149 Å². The molecule has 1 saturated heterocycles. The fourth-order valence-electron chi connectivity index (χ4n) is 12.3. The molecule has 3 aliphatic rings. The monoisotopic (exact) mass is 1290 g/mol. The van der Waals surface area contributed by atoms with E-state index in [0.717, 1.165) is 57.9 Å². The van der Waals surface area contributed by atoms with Crippen molar-refractivity contribution in [2.75, 3.05) is 75.6 Å². The smallest absolute Gasteiger partial charge is 0.408 e. The van der Waals surface area contributed by atoms with Crippen LogP contribution in [-0.2, 0) is 46.4 Å². The quantitative estimate of drug-likeness (QED) is 0.0124. The van der Waals surface area contributed by atoms with E-state index in [4.69, 9.17) is 34.6 Å². The van der Waals surface area contributed by atoms with Gasteiger partial charge in [0.1, 0.15) is 30.3 Å². The van der Waals surface area contributed by atoms with E-state index in [1.54, 1.807) is 76.3 Å². The molecule has 0 bridgehead atoms. The molecule has 23 heteroatoms. The van der Waals surface area contributed by atoms with Crippen LogP contribution in [0.4, 0.5) is 27.9 Å². The van der Waals surface area contributed by atoms with Gasteiger partial charge in [0.05, 0.1) is 60.0 Å². The van der Waals surface area contributed by atoms with E-state index >= 15 is 0 Å². The van der Waals surface area contributed by atoms with Gasteiger partial charge in [-0.25, -0.2) is 14.0 Å². The van der Waals surface area contributed by atoms with Gasteiger partial charge >= 0.3 is 6.09 Å². The molecule has 9 rings (SSSR count). The van der Waals surface area contributed by atoms with E-state index in [2.05, 4.69) is 40.0 Å². The summed E-state index contributed by atoms with van der Waals surface area (Å²) in [5.74, 6) is 1.82. The number of nitrogens with two attached hydrogens (primary N) is 1. The van der Waals surface area contributed by atoms with Crippen molar-refractivity contribution >= 4 is 78.9 Å². The topological polar surface area (TPSA) is 268 Å². The zero-order valence-corrected chi connectivity index (χ0v) is 55.5. The number of ether oxygens (including phenoxy) is 4. The predicted octanol–water partition coefficient (Wildman–Crippen LogP) is 11.0. The largest absolute Gasteiger partial charge is 0.493 e. The summed E-state index contributed by atoms with van der Waals surface area (Å²) in [5, 5.41) is 6.52. The molecule has 92 heavy (non-hydrogen) atoms. The Morgan fingerprint density at radius 3 is 2.33 bits per heavy atom. The maximum absolute atomic E-state index is 14.5. The van der Waals surface area contributed by atoms with Gasteiger partial charge in [0, 0.05) is 85.0 Å².